The van der Waals surface area contributed by atoms with Crippen molar-refractivity contribution >= 4 is 15.9 Å². The van der Waals surface area contributed by atoms with Gasteiger partial charge in [0.25, 0.3) is 0 Å². The second kappa shape index (κ2) is 4.01. The Hall–Kier alpha value is 0.400. The molecule has 1 spiro atoms. The Labute approximate surface area is 100 Å². The van der Waals surface area contributed by atoms with Crippen LogP contribution in [-0.4, -0.2) is 30.6 Å². The molecule has 0 amide bonds. The lowest BCUT2D eigenvalue weighted by Crippen LogP contribution is -2.41. The normalized spacial score (nSPS) is 44.2. The third-order valence-electron chi connectivity index (χ3n) is 4.78. The smallest absolute Gasteiger partial charge is 0.0471 e. The lowest BCUT2D eigenvalue weighted by atomic mass is 9.66. The van der Waals surface area contributed by atoms with Crippen molar-refractivity contribution in [1.82, 2.24) is 5.32 Å². The van der Waals surface area contributed by atoms with Crippen LogP contribution in [-0.2, 0) is 4.74 Å². The van der Waals surface area contributed by atoms with Crippen LogP contribution < -0.4 is 5.32 Å². The molecule has 2 aliphatic heterocycles. The van der Waals surface area contributed by atoms with Crippen LogP contribution in [0.4, 0.5) is 0 Å². The molecule has 0 bridgehead atoms. The van der Waals surface area contributed by atoms with Crippen molar-refractivity contribution in [3.63, 3.8) is 0 Å². The van der Waals surface area contributed by atoms with E-state index in [1.165, 1.54) is 38.6 Å². The van der Waals surface area contributed by atoms with Crippen molar-refractivity contribution in [2.24, 2.45) is 11.3 Å². The summed E-state index contributed by atoms with van der Waals surface area (Å²) in [6.07, 6.45) is 6.64. The fourth-order valence-electron chi connectivity index (χ4n) is 3.83. The van der Waals surface area contributed by atoms with Gasteiger partial charge in [-0.15, -0.1) is 0 Å². The summed E-state index contributed by atoms with van der Waals surface area (Å²) in [6.45, 7) is 3.21. The summed E-state index contributed by atoms with van der Waals surface area (Å²) in [7, 11) is 0. The average molecular weight is 274 g/mol. The van der Waals surface area contributed by atoms with Gasteiger partial charge in [-0.3, -0.25) is 0 Å². The highest BCUT2D eigenvalue weighted by Gasteiger charge is 2.50. The topological polar surface area (TPSA) is 21.3 Å². The monoisotopic (exact) mass is 273 g/mol. The molecule has 1 N–H and O–H groups in total. The predicted octanol–water partition coefficient (Wildman–Crippen LogP) is 2.32. The minimum atomic E-state index is 0.579. The first kappa shape index (κ1) is 10.5. The van der Waals surface area contributed by atoms with Gasteiger partial charge < -0.3 is 10.1 Å². The van der Waals surface area contributed by atoms with E-state index in [-0.39, 0.29) is 0 Å². The zero-order valence-corrected chi connectivity index (χ0v) is 10.8. The van der Waals surface area contributed by atoms with Crippen LogP contribution in [0.15, 0.2) is 0 Å². The number of alkyl halides is 1. The summed E-state index contributed by atoms with van der Waals surface area (Å²) in [5, 5.41) is 3.76. The summed E-state index contributed by atoms with van der Waals surface area (Å²) >= 11 is 3.82. The van der Waals surface area contributed by atoms with Crippen molar-refractivity contribution in [3.8, 4) is 0 Å². The van der Waals surface area contributed by atoms with Crippen molar-refractivity contribution in [1.29, 1.82) is 0 Å². The van der Waals surface area contributed by atoms with Gasteiger partial charge in [-0.1, -0.05) is 15.9 Å². The van der Waals surface area contributed by atoms with Crippen LogP contribution in [0.2, 0.25) is 0 Å². The van der Waals surface area contributed by atoms with E-state index in [4.69, 9.17) is 4.74 Å². The number of halogens is 1. The summed E-state index contributed by atoms with van der Waals surface area (Å²) in [6, 6.07) is 0.803. The Balaban J connectivity index is 1.78. The molecule has 3 rings (SSSR count). The maximum atomic E-state index is 5.52. The molecule has 2 heterocycles. The molecular weight excluding hydrogens is 254 g/mol. The molecule has 15 heavy (non-hydrogen) atoms. The molecule has 0 aromatic carbocycles. The van der Waals surface area contributed by atoms with Crippen LogP contribution in [0.1, 0.15) is 32.1 Å². The third-order valence-corrected chi connectivity index (χ3v) is 5.61. The SMILES string of the molecule is BrC1CCC2NCC3(CCOCC3)C2C1. The van der Waals surface area contributed by atoms with E-state index >= 15 is 0 Å². The standard InChI is InChI=1S/C12H20BrNO/c13-9-1-2-11-10(7-9)12(8-14-11)3-5-15-6-4-12/h9-11,14H,1-8H2. The van der Waals surface area contributed by atoms with Gasteiger partial charge in [0.15, 0.2) is 0 Å². The Kier molecular flexibility index (Phi) is 2.82. The molecule has 3 heteroatoms. The van der Waals surface area contributed by atoms with Crippen LogP contribution in [0.3, 0.4) is 0 Å². The fraction of sp³-hybridized carbons (Fsp3) is 1.00. The van der Waals surface area contributed by atoms with Gasteiger partial charge in [0.05, 0.1) is 0 Å². The van der Waals surface area contributed by atoms with E-state index < -0.39 is 0 Å². The number of rotatable bonds is 0. The van der Waals surface area contributed by atoms with Gasteiger partial charge in [-0.05, 0) is 43.4 Å². The first-order chi connectivity index (χ1) is 7.30. The number of nitrogens with one attached hydrogen (secondary N) is 1. The Morgan fingerprint density at radius 3 is 2.80 bits per heavy atom. The molecule has 0 aromatic rings. The minimum Gasteiger partial charge on any atom is -0.381 e. The lowest BCUT2D eigenvalue weighted by Gasteiger charge is -2.42. The summed E-state index contributed by atoms with van der Waals surface area (Å²) < 4.78 is 5.52. The molecule has 2 nitrogen and oxygen atoms in total. The van der Waals surface area contributed by atoms with E-state index in [9.17, 15) is 0 Å². The van der Waals surface area contributed by atoms with Gasteiger partial charge >= 0.3 is 0 Å². The van der Waals surface area contributed by atoms with E-state index in [2.05, 4.69) is 21.2 Å². The molecule has 1 aliphatic carbocycles. The molecule has 3 aliphatic rings. The van der Waals surface area contributed by atoms with Gasteiger partial charge in [-0.2, -0.15) is 0 Å². The van der Waals surface area contributed by atoms with E-state index in [0.717, 1.165) is 30.0 Å². The van der Waals surface area contributed by atoms with E-state index in [0.29, 0.717) is 5.41 Å². The largest absolute Gasteiger partial charge is 0.381 e. The van der Waals surface area contributed by atoms with Crippen molar-refractivity contribution in [2.45, 2.75) is 43.0 Å². The Bertz CT molecular complexity index is 240. The van der Waals surface area contributed by atoms with Gasteiger partial charge in [-0.25, -0.2) is 0 Å². The molecule has 2 saturated heterocycles. The highest BCUT2D eigenvalue weighted by Crippen LogP contribution is 2.49. The second-order valence-electron chi connectivity index (χ2n) is 5.48. The highest BCUT2D eigenvalue weighted by molar-refractivity contribution is 9.09. The van der Waals surface area contributed by atoms with Gasteiger partial charge in [0.1, 0.15) is 0 Å². The number of hydrogen-bond acceptors (Lipinski definition) is 2. The Morgan fingerprint density at radius 2 is 2.00 bits per heavy atom. The number of hydrogen-bond donors (Lipinski definition) is 1. The number of fused-ring (bicyclic) bond motifs is 2. The van der Waals surface area contributed by atoms with E-state index in [1.54, 1.807) is 0 Å². The van der Waals surface area contributed by atoms with E-state index in [1.807, 2.05) is 0 Å². The summed E-state index contributed by atoms with van der Waals surface area (Å²) in [5.74, 6) is 0.902. The van der Waals surface area contributed by atoms with Gasteiger partial charge in [0, 0.05) is 30.6 Å². The molecule has 0 radical (unpaired) electrons. The molecule has 0 aromatic heterocycles. The van der Waals surface area contributed by atoms with Crippen LogP contribution in [0.25, 0.3) is 0 Å². The molecular formula is C12H20BrNO. The average Bonchev–Trinajstić information content (AvgIpc) is 2.59. The second-order valence-corrected chi connectivity index (χ2v) is 6.77. The van der Waals surface area contributed by atoms with Gasteiger partial charge in [0.2, 0.25) is 0 Å². The minimum absolute atomic E-state index is 0.579. The summed E-state index contributed by atoms with van der Waals surface area (Å²) in [5.41, 5.74) is 0.579. The molecule has 1 saturated carbocycles. The fourth-order valence-corrected chi connectivity index (χ4v) is 4.50. The lowest BCUT2D eigenvalue weighted by molar-refractivity contribution is -0.00606. The summed E-state index contributed by atoms with van der Waals surface area (Å²) in [4.78, 5) is 0.762. The van der Waals surface area contributed by atoms with Crippen LogP contribution in [0, 0.1) is 11.3 Å². The molecule has 86 valence electrons. The van der Waals surface area contributed by atoms with Crippen LogP contribution in [0.5, 0.6) is 0 Å². The van der Waals surface area contributed by atoms with Crippen molar-refractivity contribution in [3.05, 3.63) is 0 Å². The molecule has 3 unspecified atom stereocenters. The first-order valence-corrected chi connectivity index (χ1v) is 7.17. The molecule has 3 atom stereocenters. The zero-order valence-electron chi connectivity index (χ0n) is 9.18. The van der Waals surface area contributed by atoms with Crippen molar-refractivity contribution < 1.29 is 4.74 Å². The quantitative estimate of drug-likeness (QED) is 0.684. The zero-order chi connectivity index (χ0) is 10.3. The van der Waals surface area contributed by atoms with Crippen LogP contribution >= 0.6 is 15.9 Å². The number of ether oxygens (including phenoxy) is 1. The molecule has 3 fully saturated rings. The Morgan fingerprint density at radius 1 is 1.20 bits per heavy atom. The first-order valence-electron chi connectivity index (χ1n) is 6.25. The maximum Gasteiger partial charge on any atom is 0.0471 e. The third kappa shape index (κ3) is 1.77. The highest BCUT2D eigenvalue weighted by atomic mass is 79.9. The predicted molar refractivity (Wildman–Crippen MR) is 64.3 cm³/mol. The van der Waals surface area contributed by atoms with Crippen molar-refractivity contribution in [2.75, 3.05) is 19.8 Å². The maximum absolute atomic E-state index is 5.52.